The number of nitrogens with two attached hydrogens (primary N) is 1. The Bertz CT molecular complexity index is 526. The van der Waals surface area contributed by atoms with Crippen molar-refractivity contribution in [2.75, 3.05) is 19.3 Å². The van der Waals surface area contributed by atoms with Gasteiger partial charge in [0, 0.05) is 32.4 Å². The summed E-state index contributed by atoms with van der Waals surface area (Å²) in [6, 6.07) is -0.0861. The standard InChI is InChI=1S/C12H22N4O2S/c1-15-9-14-7-12(15)11(13)6-10-4-3-5-16(8-10)19(2,17)18/h7,9-11H,3-6,8,13H2,1-2H3. The van der Waals surface area contributed by atoms with Gasteiger partial charge in [0.1, 0.15) is 0 Å². The van der Waals surface area contributed by atoms with Crippen LogP contribution in [0.5, 0.6) is 0 Å². The van der Waals surface area contributed by atoms with Crippen LogP contribution in [0.2, 0.25) is 0 Å². The maximum absolute atomic E-state index is 11.6. The molecular weight excluding hydrogens is 264 g/mol. The van der Waals surface area contributed by atoms with Gasteiger partial charge in [-0.1, -0.05) is 0 Å². The fraction of sp³-hybridized carbons (Fsp3) is 0.750. The molecule has 108 valence electrons. The van der Waals surface area contributed by atoms with Gasteiger partial charge in [-0.2, -0.15) is 0 Å². The third-order valence-electron chi connectivity index (χ3n) is 3.77. The zero-order valence-corrected chi connectivity index (χ0v) is 12.3. The first kappa shape index (κ1) is 14.5. The van der Waals surface area contributed by atoms with Crippen LogP contribution >= 0.6 is 0 Å². The highest BCUT2D eigenvalue weighted by Gasteiger charge is 2.27. The molecule has 6 nitrogen and oxygen atoms in total. The fourth-order valence-corrected chi connectivity index (χ4v) is 3.67. The molecule has 7 heteroatoms. The number of nitrogens with zero attached hydrogens (tertiary/aromatic N) is 3. The Morgan fingerprint density at radius 1 is 1.58 bits per heavy atom. The highest BCUT2D eigenvalue weighted by atomic mass is 32.2. The number of piperidine rings is 1. The van der Waals surface area contributed by atoms with E-state index >= 15 is 0 Å². The van der Waals surface area contributed by atoms with Gasteiger partial charge in [-0.15, -0.1) is 0 Å². The molecule has 0 bridgehead atoms. The molecule has 2 heterocycles. The van der Waals surface area contributed by atoms with Crippen molar-refractivity contribution in [3.05, 3.63) is 18.2 Å². The van der Waals surface area contributed by atoms with Gasteiger partial charge in [-0.3, -0.25) is 0 Å². The van der Waals surface area contributed by atoms with Gasteiger partial charge < -0.3 is 10.3 Å². The van der Waals surface area contributed by atoms with Crippen LogP contribution in [0, 0.1) is 5.92 Å². The van der Waals surface area contributed by atoms with E-state index in [-0.39, 0.29) is 6.04 Å². The molecule has 19 heavy (non-hydrogen) atoms. The van der Waals surface area contributed by atoms with Crippen LogP contribution in [-0.2, 0) is 17.1 Å². The number of imidazole rings is 1. The predicted molar refractivity (Wildman–Crippen MR) is 73.9 cm³/mol. The second kappa shape index (κ2) is 5.60. The molecule has 2 unspecified atom stereocenters. The normalized spacial score (nSPS) is 23.4. The van der Waals surface area contributed by atoms with Crippen LogP contribution in [0.15, 0.2) is 12.5 Å². The minimum atomic E-state index is -3.08. The highest BCUT2D eigenvalue weighted by molar-refractivity contribution is 7.88. The number of aromatic nitrogens is 2. The first-order valence-corrected chi connectivity index (χ1v) is 8.39. The maximum atomic E-state index is 11.6. The van der Waals surface area contributed by atoms with Gasteiger partial charge in [-0.05, 0) is 25.2 Å². The van der Waals surface area contributed by atoms with E-state index in [2.05, 4.69) is 4.98 Å². The van der Waals surface area contributed by atoms with E-state index in [1.807, 2.05) is 11.6 Å². The molecule has 1 aromatic rings. The topological polar surface area (TPSA) is 81.2 Å². The molecule has 1 aromatic heterocycles. The van der Waals surface area contributed by atoms with E-state index < -0.39 is 10.0 Å². The van der Waals surface area contributed by atoms with E-state index in [0.29, 0.717) is 19.0 Å². The summed E-state index contributed by atoms with van der Waals surface area (Å²) in [5.74, 6) is 0.327. The van der Waals surface area contributed by atoms with Gasteiger partial charge >= 0.3 is 0 Å². The van der Waals surface area contributed by atoms with Gasteiger partial charge in [0.2, 0.25) is 10.0 Å². The zero-order valence-electron chi connectivity index (χ0n) is 11.5. The Labute approximate surface area is 114 Å². The van der Waals surface area contributed by atoms with Crippen LogP contribution in [0.4, 0.5) is 0 Å². The summed E-state index contributed by atoms with van der Waals surface area (Å²) in [4.78, 5) is 4.07. The molecule has 0 aliphatic carbocycles. The lowest BCUT2D eigenvalue weighted by atomic mass is 9.92. The molecular formula is C12H22N4O2S. The number of rotatable bonds is 4. The van der Waals surface area contributed by atoms with Crippen molar-refractivity contribution < 1.29 is 8.42 Å². The lowest BCUT2D eigenvalue weighted by Gasteiger charge is -2.32. The Balaban J connectivity index is 1.98. The van der Waals surface area contributed by atoms with Crippen molar-refractivity contribution in [3.8, 4) is 0 Å². The first-order chi connectivity index (χ1) is 8.88. The monoisotopic (exact) mass is 286 g/mol. The van der Waals surface area contributed by atoms with Crippen molar-refractivity contribution in [2.24, 2.45) is 18.7 Å². The average Bonchev–Trinajstić information content (AvgIpc) is 2.75. The molecule has 1 saturated heterocycles. The molecule has 2 atom stereocenters. The zero-order chi connectivity index (χ0) is 14.0. The smallest absolute Gasteiger partial charge is 0.211 e. The molecule has 0 spiro atoms. The van der Waals surface area contributed by atoms with Gasteiger partial charge in [0.15, 0.2) is 0 Å². The van der Waals surface area contributed by atoms with Crippen molar-refractivity contribution in [2.45, 2.75) is 25.3 Å². The molecule has 0 radical (unpaired) electrons. The van der Waals surface area contributed by atoms with E-state index in [0.717, 1.165) is 25.0 Å². The Morgan fingerprint density at radius 3 is 2.89 bits per heavy atom. The molecule has 2 N–H and O–H groups in total. The molecule has 1 aliphatic rings. The molecule has 1 fully saturated rings. The Kier molecular flexibility index (Phi) is 4.27. The average molecular weight is 286 g/mol. The van der Waals surface area contributed by atoms with Crippen molar-refractivity contribution >= 4 is 10.0 Å². The van der Waals surface area contributed by atoms with E-state index in [1.165, 1.54) is 6.26 Å². The van der Waals surface area contributed by atoms with Crippen LogP contribution in [-0.4, -0.2) is 41.6 Å². The largest absolute Gasteiger partial charge is 0.336 e. The van der Waals surface area contributed by atoms with Crippen LogP contribution in [0.1, 0.15) is 31.0 Å². The maximum Gasteiger partial charge on any atom is 0.211 e. The Morgan fingerprint density at radius 2 is 2.32 bits per heavy atom. The third kappa shape index (κ3) is 3.55. The van der Waals surface area contributed by atoms with Gasteiger partial charge in [-0.25, -0.2) is 17.7 Å². The minimum absolute atomic E-state index is 0.0861. The summed E-state index contributed by atoms with van der Waals surface area (Å²) in [6.07, 6.45) is 7.54. The van der Waals surface area contributed by atoms with Crippen molar-refractivity contribution in [1.82, 2.24) is 13.9 Å². The predicted octanol–water partition coefficient (Wildman–Crippen LogP) is 0.482. The molecule has 0 amide bonds. The van der Waals surface area contributed by atoms with Crippen molar-refractivity contribution in [1.29, 1.82) is 0 Å². The highest BCUT2D eigenvalue weighted by Crippen LogP contribution is 2.26. The van der Waals surface area contributed by atoms with Crippen molar-refractivity contribution in [3.63, 3.8) is 0 Å². The van der Waals surface area contributed by atoms with Crippen LogP contribution < -0.4 is 5.73 Å². The summed E-state index contributed by atoms with van der Waals surface area (Å²) in [5.41, 5.74) is 7.19. The summed E-state index contributed by atoms with van der Waals surface area (Å²) >= 11 is 0. The number of hydrogen-bond acceptors (Lipinski definition) is 4. The lowest BCUT2D eigenvalue weighted by Crippen LogP contribution is -2.40. The lowest BCUT2D eigenvalue weighted by molar-refractivity contribution is 0.245. The summed E-state index contributed by atoms with van der Waals surface area (Å²) in [7, 11) is -1.16. The molecule has 1 aliphatic heterocycles. The van der Waals surface area contributed by atoms with Crippen LogP contribution in [0.25, 0.3) is 0 Å². The molecule has 2 rings (SSSR count). The SMILES string of the molecule is Cn1cncc1C(N)CC1CCCN(S(C)(=O)=O)C1. The van der Waals surface area contributed by atoms with Gasteiger partial charge in [0.05, 0.1) is 18.3 Å². The fourth-order valence-electron chi connectivity index (χ4n) is 2.73. The van der Waals surface area contributed by atoms with Gasteiger partial charge in [0.25, 0.3) is 0 Å². The molecule has 0 saturated carbocycles. The molecule has 0 aromatic carbocycles. The number of hydrogen-bond donors (Lipinski definition) is 1. The second-order valence-electron chi connectivity index (χ2n) is 5.40. The Hall–Kier alpha value is -0.920. The first-order valence-electron chi connectivity index (χ1n) is 6.55. The number of sulfonamides is 1. The van der Waals surface area contributed by atoms with E-state index in [1.54, 1.807) is 16.8 Å². The van der Waals surface area contributed by atoms with E-state index in [9.17, 15) is 8.42 Å². The van der Waals surface area contributed by atoms with E-state index in [4.69, 9.17) is 5.73 Å². The van der Waals surface area contributed by atoms with Crippen LogP contribution in [0.3, 0.4) is 0 Å². The summed E-state index contributed by atoms with van der Waals surface area (Å²) in [6.45, 7) is 1.22. The third-order valence-corrected chi connectivity index (χ3v) is 5.04. The summed E-state index contributed by atoms with van der Waals surface area (Å²) < 4.78 is 26.6. The second-order valence-corrected chi connectivity index (χ2v) is 7.38. The summed E-state index contributed by atoms with van der Waals surface area (Å²) in [5, 5.41) is 0. The minimum Gasteiger partial charge on any atom is -0.336 e. The quantitative estimate of drug-likeness (QED) is 0.873. The number of aryl methyl sites for hydroxylation is 1.